The maximum atomic E-state index is 13.2. The quantitative estimate of drug-likeness (QED) is 0.485. The first-order chi connectivity index (χ1) is 13.5. The molecular weight excluding hydrogens is 378 g/mol. The summed E-state index contributed by atoms with van der Waals surface area (Å²) in [5.74, 6) is -1.29. The van der Waals surface area contributed by atoms with Gasteiger partial charge in [0.2, 0.25) is 0 Å². The highest BCUT2D eigenvalue weighted by Crippen LogP contribution is 2.34. The van der Waals surface area contributed by atoms with Crippen LogP contribution in [-0.4, -0.2) is 29.1 Å². The maximum Gasteiger partial charge on any atom is 0.356 e. The second-order valence-corrected chi connectivity index (χ2v) is 6.65. The molecule has 0 unspecified atom stereocenters. The van der Waals surface area contributed by atoms with Crippen LogP contribution in [0.25, 0.3) is 11.3 Å². The van der Waals surface area contributed by atoms with Gasteiger partial charge in [-0.3, -0.25) is 9.59 Å². The number of hydrogen-bond acceptors (Lipinski definition) is 5. The molecule has 1 aliphatic rings. The standard InChI is InChI=1S/C22H14ClNO4/c1-2-28-22(27)17-11-16-18(19(24-17)12-7-9-13(23)10-8-12)21(26)15-6-4-3-5-14(15)20(16)25/h3-11H,2H2,1H3. The van der Waals surface area contributed by atoms with Gasteiger partial charge in [-0.2, -0.15) is 0 Å². The minimum atomic E-state index is -0.653. The Morgan fingerprint density at radius 3 is 2.25 bits per heavy atom. The average Bonchev–Trinajstić information content (AvgIpc) is 2.72. The summed E-state index contributed by atoms with van der Waals surface area (Å²) in [5, 5.41) is 0.520. The van der Waals surface area contributed by atoms with Crippen molar-refractivity contribution in [2.75, 3.05) is 6.61 Å². The number of carbonyl (C=O) groups is 3. The van der Waals surface area contributed by atoms with Crippen molar-refractivity contribution in [1.82, 2.24) is 4.98 Å². The molecule has 0 amide bonds. The highest BCUT2D eigenvalue weighted by molar-refractivity contribution is 6.31. The Morgan fingerprint density at radius 1 is 0.964 bits per heavy atom. The molecule has 28 heavy (non-hydrogen) atoms. The van der Waals surface area contributed by atoms with Crippen LogP contribution < -0.4 is 0 Å². The molecule has 5 nitrogen and oxygen atoms in total. The van der Waals surface area contributed by atoms with E-state index in [1.807, 2.05) is 0 Å². The predicted molar refractivity (Wildman–Crippen MR) is 104 cm³/mol. The fourth-order valence-electron chi connectivity index (χ4n) is 3.24. The van der Waals surface area contributed by atoms with Gasteiger partial charge in [0.15, 0.2) is 11.6 Å². The van der Waals surface area contributed by atoms with Gasteiger partial charge in [-0.25, -0.2) is 9.78 Å². The summed E-state index contributed by atoms with van der Waals surface area (Å²) < 4.78 is 5.04. The van der Waals surface area contributed by atoms with Gasteiger partial charge in [-0.15, -0.1) is 0 Å². The van der Waals surface area contributed by atoms with Gasteiger partial charge in [0.1, 0.15) is 5.69 Å². The van der Waals surface area contributed by atoms with Crippen molar-refractivity contribution >= 4 is 29.1 Å². The minimum absolute atomic E-state index is 0.0221. The summed E-state index contributed by atoms with van der Waals surface area (Å²) in [4.78, 5) is 42.9. The Hall–Kier alpha value is -3.31. The zero-order valence-electron chi connectivity index (χ0n) is 14.9. The maximum absolute atomic E-state index is 13.2. The van der Waals surface area contributed by atoms with Crippen LogP contribution >= 0.6 is 11.6 Å². The number of pyridine rings is 1. The lowest BCUT2D eigenvalue weighted by molar-refractivity contribution is 0.0519. The Kier molecular flexibility index (Phi) is 4.53. The number of esters is 1. The van der Waals surface area contributed by atoms with Crippen LogP contribution in [0, 0.1) is 0 Å². The van der Waals surface area contributed by atoms with Crippen molar-refractivity contribution in [2.24, 2.45) is 0 Å². The topological polar surface area (TPSA) is 73.3 Å². The lowest BCUT2D eigenvalue weighted by atomic mass is 9.82. The summed E-state index contributed by atoms with van der Waals surface area (Å²) >= 11 is 5.97. The number of ketones is 2. The SMILES string of the molecule is CCOC(=O)c1cc2c(c(-c3ccc(Cl)cc3)n1)C(=O)c1ccccc1C2=O. The van der Waals surface area contributed by atoms with E-state index in [-0.39, 0.29) is 40.7 Å². The fraction of sp³-hybridized carbons (Fsp3) is 0.0909. The molecule has 0 saturated carbocycles. The van der Waals surface area contributed by atoms with Crippen LogP contribution in [0.2, 0.25) is 5.02 Å². The van der Waals surface area contributed by atoms with Crippen LogP contribution in [0.5, 0.6) is 0 Å². The van der Waals surface area contributed by atoms with Crippen LogP contribution in [0.1, 0.15) is 49.3 Å². The Bertz CT molecular complexity index is 1140. The predicted octanol–water partition coefficient (Wildman–Crippen LogP) is 4.35. The number of aromatic nitrogens is 1. The average molecular weight is 392 g/mol. The number of carbonyl (C=O) groups excluding carboxylic acids is 3. The molecule has 0 N–H and O–H groups in total. The van der Waals surface area contributed by atoms with Gasteiger partial charge >= 0.3 is 5.97 Å². The highest BCUT2D eigenvalue weighted by Gasteiger charge is 2.34. The monoisotopic (exact) mass is 391 g/mol. The molecule has 0 radical (unpaired) electrons. The third-order valence-electron chi connectivity index (χ3n) is 4.51. The van der Waals surface area contributed by atoms with Crippen molar-refractivity contribution in [3.8, 4) is 11.3 Å². The molecule has 1 heterocycles. The van der Waals surface area contributed by atoms with E-state index in [0.29, 0.717) is 21.7 Å². The van der Waals surface area contributed by atoms with Gasteiger partial charge in [-0.1, -0.05) is 48.0 Å². The van der Waals surface area contributed by atoms with E-state index in [9.17, 15) is 14.4 Å². The number of nitrogens with zero attached hydrogens (tertiary/aromatic N) is 1. The van der Waals surface area contributed by atoms with Crippen LogP contribution in [0.15, 0.2) is 54.6 Å². The second-order valence-electron chi connectivity index (χ2n) is 6.21. The molecule has 138 valence electrons. The summed E-state index contributed by atoms with van der Waals surface area (Å²) in [5.41, 5.74) is 1.76. The summed E-state index contributed by atoms with van der Waals surface area (Å²) in [6.45, 7) is 1.85. The first kappa shape index (κ1) is 18.1. The number of hydrogen-bond donors (Lipinski definition) is 0. The van der Waals surface area contributed by atoms with E-state index in [1.165, 1.54) is 6.07 Å². The van der Waals surface area contributed by atoms with Crippen LogP contribution in [0.4, 0.5) is 0 Å². The summed E-state index contributed by atoms with van der Waals surface area (Å²) in [6.07, 6.45) is 0. The lowest BCUT2D eigenvalue weighted by Crippen LogP contribution is -2.24. The van der Waals surface area contributed by atoms with Crippen molar-refractivity contribution < 1.29 is 19.1 Å². The first-order valence-corrected chi connectivity index (χ1v) is 9.05. The van der Waals surface area contributed by atoms with E-state index in [4.69, 9.17) is 16.3 Å². The van der Waals surface area contributed by atoms with Gasteiger partial charge in [0.05, 0.1) is 17.9 Å². The Balaban J connectivity index is 2.01. The second kappa shape index (κ2) is 7.02. The molecule has 0 fully saturated rings. The van der Waals surface area contributed by atoms with Crippen molar-refractivity contribution in [2.45, 2.75) is 6.92 Å². The van der Waals surface area contributed by atoms with Crippen molar-refractivity contribution in [1.29, 1.82) is 0 Å². The molecule has 2 aromatic carbocycles. The molecule has 0 atom stereocenters. The molecule has 0 saturated heterocycles. The number of ether oxygens (including phenoxy) is 1. The van der Waals surface area contributed by atoms with E-state index in [0.717, 1.165) is 0 Å². The Morgan fingerprint density at radius 2 is 1.61 bits per heavy atom. The molecule has 1 aliphatic carbocycles. The molecule has 3 aromatic rings. The van der Waals surface area contributed by atoms with Gasteiger partial charge in [0.25, 0.3) is 0 Å². The third-order valence-corrected chi connectivity index (χ3v) is 4.76. The molecule has 4 rings (SSSR count). The van der Waals surface area contributed by atoms with Gasteiger partial charge in [-0.05, 0) is 25.1 Å². The van der Waals surface area contributed by atoms with Crippen molar-refractivity contribution in [3.05, 3.63) is 87.6 Å². The zero-order valence-corrected chi connectivity index (χ0v) is 15.6. The van der Waals surface area contributed by atoms with Crippen LogP contribution in [-0.2, 0) is 4.74 Å². The number of halogens is 1. The molecule has 1 aromatic heterocycles. The minimum Gasteiger partial charge on any atom is -0.461 e. The van der Waals surface area contributed by atoms with Gasteiger partial charge < -0.3 is 4.74 Å². The molecule has 6 heteroatoms. The van der Waals surface area contributed by atoms with E-state index in [2.05, 4.69) is 4.98 Å². The molecule has 0 aliphatic heterocycles. The third kappa shape index (κ3) is 2.90. The molecular formula is C22H14ClNO4. The molecule has 0 bridgehead atoms. The lowest BCUT2D eigenvalue weighted by Gasteiger charge is -2.20. The number of rotatable bonds is 3. The largest absolute Gasteiger partial charge is 0.461 e. The smallest absolute Gasteiger partial charge is 0.356 e. The Labute approximate surface area is 165 Å². The van der Waals surface area contributed by atoms with E-state index >= 15 is 0 Å². The van der Waals surface area contributed by atoms with Crippen molar-refractivity contribution in [3.63, 3.8) is 0 Å². The number of benzene rings is 2. The van der Waals surface area contributed by atoms with E-state index in [1.54, 1.807) is 55.5 Å². The molecule has 0 spiro atoms. The zero-order chi connectivity index (χ0) is 19.8. The van der Waals surface area contributed by atoms with E-state index < -0.39 is 5.97 Å². The van der Waals surface area contributed by atoms with Gasteiger partial charge in [0, 0.05) is 27.3 Å². The summed E-state index contributed by atoms with van der Waals surface area (Å²) in [7, 11) is 0. The summed E-state index contributed by atoms with van der Waals surface area (Å²) in [6, 6.07) is 14.7. The normalized spacial score (nSPS) is 12.4. The fourth-order valence-corrected chi connectivity index (χ4v) is 3.37. The first-order valence-electron chi connectivity index (χ1n) is 8.67. The number of fused-ring (bicyclic) bond motifs is 2. The highest BCUT2D eigenvalue weighted by atomic mass is 35.5. The van der Waals surface area contributed by atoms with Crippen LogP contribution in [0.3, 0.4) is 0 Å².